The first-order valence-electron chi connectivity index (χ1n) is 7.81. The highest BCUT2D eigenvalue weighted by atomic mass is 32.2. The Hall–Kier alpha value is -2.12. The van der Waals surface area contributed by atoms with Crippen molar-refractivity contribution < 1.29 is 17.6 Å². The highest BCUT2D eigenvalue weighted by molar-refractivity contribution is 7.89. The van der Waals surface area contributed by atoms with Gasteiger partial charge in [-0.15, -0.1) is 0 Å². The van der Waals surface area contributed by atoms with E-state index in [1.165, 1.54) is 24.3 Å². The van der Waals surface area contributed by atoms with Crippen LogP contribution in [-0.4, -0.2) is 32.3 Å². The molecule has 3 rings (SSSR count). The predicted molar refractivity (Wildman–Crippen MR) is 89.0 cm³/mol. The summed E-state index contributed by atoms with van der Waals surface area (Å²) in [6.45, 7) is 1.87. The lowest BCUT2D eigenvalue weighted by molar-refractivity contribution is 0.0726. The van der Waals surface area contributed by atoms with Gasteiger partial charge in [0, 0.05) is 18.7 Å². The van der Waals surface area contributed by atoms with E-state index in [0.29, 0.717) is 11.3 Å². The normalized spacial score (nSPS) is 15.9. The molecule has 1 aliphatic rings. The van der Waals surface area contributed by atoms with Gasteiger partial charge in [-0.3, -0.25) is 4.79 Å². The van der Waals surface area contributed by atoms with Crippen molar-refractivity contribution in [1.82, 2.24) is 9.62 Å². The van der Waals surface area contributed by atoms with Gasteiger partial charge >= 0.3 is 0 Å². The molecule has 1 saturated carbocycles. The van der Waals surface area contributed by atoms with Gasteiger partial charge in [-0.25, -0.2) is 13.1 Å². The number of carbonyl (C=O) groups excluding carboxylic acids is 1. The molecule has 6 nitrogen and oxygen atoms in total. The number of hydrogen-bond acceptors (Lipinski definition) is 4. The number of amides is 1. The second kappa shape index (κ2) is 6.41. The maximum absolute atomic E-state index is 12.5. The molecule has 1 amide bonds. The Kier molecular flexibility index (Phi) is 4.47. The molecule has 0 aliphatic heterocycles. The predicted octanol–water partition coefficient (Wildman–Crippen LogP) is 2.55. The number of rotatable bonds is 6. The molecule has 0 radical (unpaired) electrons. The molecule has 128 valence electrons. The molecule has 1 unspecified atom stereocenters. The van der Waals surface area contributed by atoms with Crippen LogP contribution in [0.1, 0.15) is 41.9 Å². The molecule has 7 heteroatoms. The minimum Gasteiger partial charge on any atom is -0.467 e. The zero-order chi connectivity index (χ0) is 17.3. The molecule has 1 aromatic carbocycles. The Balaban J connectivity index is 1.73. The summed E-state index contributed by atoms with van der Waals surface area (Å²) < 4.78 is 32.2. The fourth-order valence-corrected chi connectivity index (χ4v) is 3.67. The fourth-order valence-electron chi connectivity index (χ4n) is 2.36. The lowest BCUT2D eigenvalue weighted by Gasteiger charge is -2.23. The molecule has 1 aliphatic carbocycles. The van der Waals surface area contributed by atoms with Gasteiger partial charge in [0.25, 0.3) is 5.91 Å². The number of benzene rings is 1. The molecule has 2 aromatic rings. The standard InChI is InChI=1S/C17H20N2O4S/c1-12(16-4-3-11-23-16)19(2)17(20)13-5-9-15(10-6-13)24(21,22)18-14-7-8-14/h3-6,9-12,14,18H,7-8H2,1-2H3. The van der Waals surface area contributed by atoms with E-state index in [0.717, 1.165) is 12.8 Å². The van der Waals surface area contributed by atoms with Gasteiger partial charge in [-0.05, 0) is 56.2 Å². The zero-order valence-corrected chi connectivity index (χ0v) is 14.4. The summed E-state index contributed by atoms with van der Waals surface area (Å²) in [7, 11) is -1.81. The molecule has 0 saturated heterocycles. The number of nitrogens with one attached hydrogen (secondary N) is 1. The Morgan fingerprint density at radius 3 is 2.46 bits per heavy atom. The van der Waals surface area contributed by atoms with Crippen molar-refractivity contribution in [3.05, 3.63) is 54.0 Å². The van der Waals surface area contributed by atoms with Crippen molar-refractivity contribution >= 4 is 15.9 Å². The summed E-state index contributed by atoms with van der Waals surface area (Å²) in [4.78, 5) is 14.3. The average Bonchev–Trinajstić information content (AvgIpc) is 3.20. The number of hydrogen-bond donors (Lipinski definition) is 1. The molecule has 1 aromatic heterocycles. The Labute approximate surface area is 141 Å². The molecular weight excluding hydrogens is 328 g/mol. The van der Waals surface area contributed by atoms with Gasteiger partial charge in [0.15, 0.2) is 0 Å². The van der Waals surface area contributed by atoms with Gasteiger partial charge in [0.1, 0.15) is 5.76 Å². The first kappa shape index (κ1) is 16.7. The third-order valence-electron chi connectivity index (χ3n) is 4.17. The minimum atomic E-state index is -3.50. The van der Waals surface area contributed by atoms with Crippen molar-refractivity contribution in [3.8, 4) is 0 Å². The van der Waals surface area contributed by atoms with Gasteiger partial charge < -0.3 is 9.32 Å². The molecule has 1 N–H and O–H groups in total. The van der Waals surface area contributed by atoms with Crippen LogP contribution >= 0.6 is 0 Å². The van der Waals surface area contributed by atoms with Gasteiger partial charge in [-0.1, -0.05) is 0 Å². The molecular formula is C17H20N2O4S. The maximum atomic E-state index is 12.5. The summed E-state index contributed by atoms with van der Waals surface area (Å²) in [6, 6.07) is 9.42. The van der Waals surface area contributed by atoms with Crippen LogP contribution in [0, 0.1) is 0 Å². The van der Waals surface area contributed by atoms with E-state index in [2.05, 4.69) is 4.72 Å². The molecule has 1 fully saturated rings. The Bertz CT molecular complexity index is 809. The van der Waals surface area contributed by atoms with Gasteiger partial charge in [0.2, 0.25) is 10.0 Å². The summed E-state index contributed by atoms with van der Waals surface area (Å²) >= 11 is 0. The van der Waals surface area contributed by atoms with Crippen LogP contribution in [-0.2, 0) is 10.0 Å². The smallest absolute Gasteiger partial charge is 0.254 e. The lowest BCUT2D eigenvalue weighted by atomic mass is 10.1. The summed E-state index contributed by atoms with van der Waals surface area (Å²) in [5, 5.41) is 0. The van der Waals surface area contributed by atoms with Crippen molar-refractivity contribution in [3.63, 3.8) is 0 Å². The highest BCUT2D eigenvalue weighted by Gasteiger charge is 2.28. The molecule has 0 bridgehead atoms. The number of furan rings is 1. The third-order valence-corrected chi connectivity index (χ3v) is 5.70. The van der Waals surface area contributed by atoms with Crippen LogP contribution in [0.15, 0.2) is 52.0 Å². The average molecular weight is 348 g/mol. The van der Waals surface area contributed by atoms with E-state index >= 15 is 0 Å². The van der Waals surface area contributed by atoms with Gasteiger partial charge in [-0.2, -0.15) is 0 Å². The van der Waals surface area contributed by atoms with E-state index in [1.54, 1.807) is 24.3 Å². The van der Waals surface area contributed by atoms with Gasteiger partial charge in [0.05, 0.1) is 17.2 Å². The molecule has 24 heavy (non-hydrogen) atoms. The van der Waals surface area contributed by atoms with Crippen LogP contribution in [0.25, 0.3) is 0 Å². The quantitative estimate of drug-likeness (QED) is 0.870. The van der Waals surface area contributed by atoms with E-state index in [1.807, 2.05) is 13.0 Å². The summed E-state index contributed by atoms with van der Waals surface area (Å²) in [6.07, 6.45) is 3.33. The van der Waals surface area contributed by atoms with Crippen LogP contribution in [0.2, 0.25) is 0 Å². The second-order valence-electron chi connectivity index (χ2n) is 6.03. The fraction of sp³-hybridized carbons (Fsp3) is 0.353. The van der Waals surface area contributed by atoms with Crippen LogP contribution in [0.4, 0.5) is 0 Å². The molecule has 0 spiro atoms. The summed E-state index contributed by atoms with van der Waals surface area (Å²) in [5.74, 6) is 0.497. The van der Waals surface area contributed by atoms with Crippen LogP contribution < -0.4 is 4.72 Å². The largest absolute Gasteiger partial charge is 0.467 e. The zero-order valence-electron chi connectivity index (χ0n) is 13.6. The van der Waals surface area contributed by atoms with Crippen LogP contribution in [0.3, 0.4) is 0 Å². The topological polar surface area (TPSA) is 79.6 Å². The molecule has 1 heterocycles. The van der Waals surface area contributed by atoms with E-state index < -0.39 is 10.0 Å². The maximum Gasteiger partial charge on any atom is 0.254 e. The monoisotopic (exact) mass is 348 g/mol. The minimum absolute atomic E-state index is 0.0524. The van der Waals surface area contributed by atoms with Crippen molar-refractivity contribution in [2.75, 3.05) is 7.05 Å². The summed E-state index contributed by atoms with van der Waals surface area (Å²) in [5.41, 5.74) is 0.432. The van der Waals surface area contributed by atoms with Crippen molar-refractivity contribution in [1.29, 1.82) is 0 Å². The Morgan fingerprint density at radius 2 is 1.92 bits per heavy atom. The number of sulfonamides is 1. The Morgan fingerprint density at radius 1 is 1.25 bits per heavy atom. The lowest BCUT2D eigenvalue weighted by Crippen LogP contribution is -2.29. The molecule has 1 atom stereocenters. The van der Waals surface area contributed by atoms with Crippen LogP contribution in [0.5, 0.6) is 0 Å². The first-order chi connectivity index (χ1) is 11.4. The number of carbonyl (C=O) groups is 1. The third kappa shape index (κ3) is 3.52. The van der Waals surface area contributed by atoms with Crippen molar-refractivity contribution in [2.24, 2.45) is 0 Å². The highest BCUT2D eigenvalue weighted by Crippen LogP contribution is 2.24. The number of nitrogens with zero attached hydrogens (tertiary/aromatic N) is 1. The first-order valence-corrected chi connectivity index (χ1v) is 9.30. The van der Waals surface area contributed by atoms with E-state index in [4.69, 9.17) is 4.42 Å². The SMILES string of the molecule is CC(c1ccco1)N(C)C(=O)c1ccc(S(=O)(=O)NC2CC2)cc1. The second-order valence-corrected chi connectivity index (χ2v) is 7.74. The van der Waals surface area contributed by atoms with E-state index in [9.17, 15) is 13.2 Å². The van der Waals surface area contributed by atoms with Crippen molar-refractivity contribution in [2.45, 2.75) is 36.7 Å². The van der Waals surface area contributed by atoms with E-state index in [-0.39, 0.29) is 22.9 Å².